The molecule has 1 aromatic carbocycles. The van der Waals surface area contributed by atoms with Crippen molar-refractivity contribution in [3.8, 4) is 0 Å². The van der Waals surface area contributed by atoms with Crippen molar-refractivity contribution in [1.29, 1.82) is 0 Å². The Balaban J connectivity index is 0.00000225. The second kappa shape index (κ2) is 9.78. The zero-order valence-electron chi connectivity index (χ0n) is 16.4. The van der Waals surface area contributed by atoms with Gasteiger partial charge in [0.1, 0.15) is 0 Å². The van der Waals surface area contributed by atoms with E-state index in [1.807, 2.05) is 0 Å². The van der Waals surface area contributed by atoms with Crippen molar-refractivity contribution in [2.75, 3.05) is 24.6 Å². The molecule has 156 valence electrons. The number of hydrogen-bond acceptors (Lipinski definition) is 3. The zero-order valence-corrected chi connectivity index (χ0v) is 19.5. The number of hydrogen-bond donors (Lipinski definition) is 2. The van der Waals surface area contributed by atoms with Crippen LogP contribution in [-0.4, -0.2) is 45.0 Å². The number of rotatable bonds is 5. The normalized spacial score (nSPS) is 26.6. The molecule has 1 saturated carbocycles. The molecule has 1 saturated heterocycles. The summed E-state index contributed by atoms with van der Waals surface area (Å²) in [5, 5.41) is 7.16. The lowest BCUT2D eigenvalue weighted by Crippen LogP contribution is -2.44. The summed E-state index contributed by atoms with van der Waals surface area (Å²) in [6.45, 7) is 1.49. The third-order valence-electron chi connectivity index (χ3n) is 6.30. The summed E-state index contributed by atoms with van der Waals surface area (Å²) in [6.07, 6.45) is 8.05. The molecule has 7 heteroatoms. The van der Waals surface area contributed by atoms with Crippen molar-refractivity contribution in [2.24, 2.45) is 10.9 Å². The van der Waals surface area contributed by atoms with E-state index in [0.29, 0.717) is 30.0 Å². The molecule has 0 amide bonds. The lowest BCUT2D eigenvalue weighted by Gasteiger charge is -2.20. The number of aryl methyl sites for hydroxylation is 1. The standard InChI is InChI=1S/C21H31N3O2S.HI/c25-27(26)12-11-16(15-27)13-22-21(24-19-6-2-3-7-19)23-14-18-10-9-17-5-1-4-8-20(17)18;/h1,4-5,8,16,18-19H,2-3,6-7,9-15H2,(H2,22,23,24);1H. The molecule has 28 heavy (non-hydrogen) atoms. The summed E-state index contributed by atoms with van der Waals surface area (Å²) in [5.41, 5.74) is 2.94. The lowest BCUT2D eigenvalue weighted by atomic mass is 10.0. The minimum atomic E-state index is -2.83. The Morgan fingerprint density at radius 1 is 1.11 bits per heavy atom. The lowest BCUT2D eigenvalue weighted by molar-refractivity contribution is 0.573. The molecule has 0 radical (unpaired) electrons. The van der Waals surface area contributed by atoms with Gasteiger partial charge in [-0.15, -0.1) is 24.0 Å². The van der Waals surface area contributed by atoms with E-state index >= 15 is 0 Å². The maximum atomic E-state index is 11.7. The van der Waals surface area contributed by atoms with E-state index in [-0.39, 0.29) is 29.9 Å². The molecular weight excluding hydrogens is 485 g/mol. The van der Waals surface area contributed by atoms with Crippen molar-refractivity contribution in [2.45, 2.75) is 56.9 Å². The first-order chi connectivity index (χ1) is 13.1. The first-order valence-electron chi connectivity index (χ1n) is 10.4. The van der Waals surface area contributed by atoms with Crippen LogP contribution in [0.4, 0.5) is 0 Å². The molecule has 0 aromatic heterocycles. The largest absolute Gasteiger partial charge is 0.356 e. The van der Waals surface area contributed by atoms with Gasteiger partial charge in [0.2, 0.25) is 0 Å². The molecule has 1 heterocycles. The molecule has 2 atom stereocenters. The summed E-state index contributed by atoms with van der Waals surface area (Å²) < 4.78 is 23.4. The van der Waals surface area contributed by atoms with Crippen molar-refractivity contribution in [1.82, 2.24) is 10.6 Å². The SMILES string of the molecule is I.O=S1(=O)CCC(CN=C(NCC2CCc3ccccc32)NC2CCCC2)C1. The summed E-state index contributed by atoms with van der Waals surface area (Å²) >= 11 is 0. The van der Waals surface area contributed by atoms with Crippen LogP contribution in [0, 0.1) is 5.92 Å². The fourth-order valence-electron chi connectivity index (χ4n) is 4.73. The van der Waals surface area contributed by atoms with Gasteiger partial charge in [0.25, 0.3) is 0 Å². The van der Waals surface area contributed by atoms with Crippen molar-refractivity contribution in [3.63, 3.8) is 0 Å². The summed E-state index contributed by atoms with van der Waals surface area (Å²) in [7, 11) is -2.83. The highest BCUT2D eigenvalue weighted by Gasteiger charge is 2.28. The molecule has 3 aliphatic rings. The molecule has 5 nitrogen and oxygen atoms in total. The molecule has 0 spiro atoms. The van der Waals surface area contributed by atoms with E-state index in [4.69, 9.17) is 4.99 Å². The van der Waals surface area contributed by atoms with Crippen LogP contribution in [0.25, 0.3) is 0 Å². The highest BCUT2D eigenvalue weighted by molar-refractivity contribution is 14.0. The van der Waals surface area contributed by atoms with E-state index in [2.05, 4.69) is 34.9 Å². The van der Waals surface area contributed by atoms with Crippen LogP contribution in [0.2, 0.25) is 0 Å². The van der Waals surface area contributed by atoms with Crippen molar-refractivity contribution >= 4 is 39.8 Å². The number of nitrogens with one attached hydrogen (secondary N) is 2. The van der Waals surface area contributed by atoms with Gasteiger partial charge in [0, 0.05) is 25.0 Å². The minimum absolute atomic E-state index is 0. The van der Waals surface area contributed by atoms with Crippen LogP contribution in [0.1, 0.15) is 55.6 Å². The van der Waals surface area contributed by atoms with E-state index in [9.17, 15) is 8.42 Å². The van der Waals surface area contributed by atoms with Gasteiger partial charge in [-0.1, -0.05) is 37.1 Å². The average molecular weight is 517 g/mol. The van der Waals surface area contributed by atoms with Gasteiger partial charge < -0.3 is 10.6 Å². The monoisotopic (exact) mass is 517 g/mol. The second-order valence-electron chi connectivity index (χ2n) is 8.40. The van der Waals surface area contributed by atoms with Crippen LogP contribution in [-0.2, 0) is 16.3 Å². The Hall–Kier alpha value is -0.830. The van der Waals surface area contributed by atoms with Crippen molar-refractivity contribution < 1.29 is 8.42 Å². The predicted molar refractivity (Wildman–Crippen MR) is 125 cm³/mol. The number of sulfone groups is 1. The molecule has 2 N–H and O–H groups in total. The molecule has 2 fully saturated rings. The Kier molecular flexibility index (Phi) is 7.64. The van der Waals surface area contributed by atoms with Gasteiger partial charge in [-0.25, -0.2) is 8.42 Å². The third-order valence-corrected chi connectivity index (χ3v) is 8.14. The quantitative estimate of drug-likeness (QED) is 0.358. The Morgan fingerprint density at radius 2 is 1.89 bits per heavy atom. The fraction of sp³-hybridized carbons (Fsp3) is 0.667. The molecule has 2 aliphatic carbocycles. The van der Waals surface area contributed by atoms with Gasteiger partial charge in [0.15, 0.2) is 15.8 Å². The third kappa shape index (κ3) is 5.62. The summed E-state index contributed by atoms with van der Waals surface area (Å²) in [5.74, 6) is 2.19. The van der Waals surface area contributed by atoms with Crippen LogP contribution in [0.5, 0.6) is 0 Å². The number of aliphatic imine (C=N–C) groups is 1. The molecule has 2 unspecified atom stereocenters. The van der Waals surface area contributed by atoms with Gasteiger partial charge >= 0.3 is 0 Å². The molecule has 0 bridgehead atoms. The number of guanidine groups is 1. The molecule has 1 aliphatic heterocycles. The maximum absolute atomic E-state index is 11.7. The van der Waals surface area contributed by atoms with E-state index < -0.39 is 9.84 Å². The first kappa shape index (κ1) is 21.9. The second-order valence-corrected chi connectivity index (χ2v) is 10.6. The topological polar surface area (TPSA) is 70.6 Å². The van der Waals surface area contributed by atoms with Gasteiger partial charge in [-0.05, 0) is 49.1 Å². The van der Waals surface area contributed by atoms with Crippen LogP contribution in [0.15, 0.2) is 29.3 Å². The predicted octanol–water partition coefficient (Wildman–Crippen LogP) is 3.25. The Bertz CT molecular complexity index is 791. The smallest absolute Gasteiger partial charge is 0.191 e. The van der Waals surface area contributed by atoms with Crippen LogP contribution in [0.3, 0.4) is 0 Å². The van der Waals surface area contributed by atoms with Gasteiger partial charge in [0.05, 0.1) is 11.5 Å². The highest BCUT2D eigenvalue weighted by atomic mass is 127. The molecule has 4 rings (SSSR count). The van der Waals surface area contributed by atoms with E-state index in [1.54, 1.807) is 0 Å². The number of fused-ring (bicyclic) bond motifs is 1. The average Bonchev–Trinajstić information content (AvgIpc) is 3.37. The number of nitrogens with zero attached hydrogens (tertiary/aromatic N) is 1. The molecule has 1 aromatic rings. The fourth-order valence-corrected chi connectivity index (χ4v) is 6.58. The summed E-state index contributed by atoms with van der Waals surface area (Å²) in [6, 6.07) is 9.24. The number of benzene rings is 1. The minimum Gasteiger partial charge on any atom is -0.356 e. The first-order valence-corrected chi connectivity index (χ1v) is 12.2. The number of halogens is 1. The Labute approximate surface area is 186 Å². The van der Waals surface area contributed by atoms with Crippen molar-refractivity contribution in [3.05, 3.63) is 35.4 Å². The summed E-state index contributed by atoms with van der Waals surface area (Å²) in [4.78, 5) is 4.78. The molecular formula is C21H32IN3O2S. The van der Waals surface area contributed by atoms with Crippen LogP contribution < -0.4 is 10.6 Å². The van der Waals surface area contributed by atoms with Crippen LogP contribution >= 0.6 is 24.0 Å². The van der Waals surface area contributed by atoms with Gasteiger partial charge in [-0.2, -0.15) is 0 Å². The van der Waals surface area contributed by atoms with E-state index in [1.165, 1.54) is 43.2 Å². The zero-order chi connectivity index (χ0) is 18.7. The Morgan fingerprint density at radius 3 is 2.64 bits per heavy atom. The van der Waals surface area contributed by atoms with Gasteiger partial charge in [-0.3, -0.25) is 4.99 Å². The highest BCUT2D eigenvalue weighted by Crippen LogP contribution is 2.32. The van der Waals surface area contributed by atoms with E-state index in [0.717, 1.165) is 25.3 Å². The maximum Gasteiger partial charge on any atom is 0.191 e.